The van der Waals surface area contributed by atoms with Gasteiger partial charge in [-0.15, -0.1) is 0 Å². The van der Waals surface area contributed by atoms with Gasteiger partial charge in [0.15, 0.2) is 23.0 Å². The number of ether oxygens (including phenoxy) is 4. The van der Waals surface area contributed by atoms with Crippen LogP contribution in [0.1, 0.15) is 0 Å². The van der Waals surface area contributed by atoms with Crippen molar-refractivity contribution in [1.82, 2.24) is 24.8 Å². The number of anilines is 1. The lowest BCUT2D eigenvalue weighted by molar-refractivity contribution is 0.355. The molecule has 2 aromatic carbocycles. The molecule has 0 radical (unpaired) electrons. The molecule has 36 heavy (non-hydrogen) atoms. The predicted molar refractivity (Wildman–Crippen MR) is 136 cm³/mol. The van der Waals surface area contributed by atoms with Crippen molar-refractivity contribution in [3.63, 3.8) is 0 Å². The molecule has 5 aromatic rings. The van der Waals surface area contributed by atoms with Gasteiger partial charge in [0.05, 0.1) is 40.8 Å². The summed E-state index contributed by atoms with van der Waals surface area (Å²) in [6.07, 6.45) is 5.00. The molecule has 4 N–H and O–H groups in total. The average Bonchev–Trinajstić information content (AvgIpc) is 3.53. The molecule has 11 heteroatoms. The summed E-state index contributed by atoms with van der Waals surface area (Å²) in [5, 5.41) is 10.8. The zero-order chi connectivity index (χ0) is 25.7. The number of rotatable bonds is 6. The summed E-state index contributed by atoms with van der Waals surface area (Å²) >= 11 is 0. The molecule has 3 heterocycles. The van der Waals surface area contributed by atoms with Gasteiger partial charge in [0.25, 0.3) is 5.56 Å². The summed E-state index contributed by atoms with van der Waals surface area (Å²) in [6, 6.07) is 12.6. The van der Waals surface area contributed by atoms with Gasteiger partial charge in [-0.1, -0.05) is 12.1 Å². The smallest absolute Gasteiger partial charge is 0.251 e. The highest BCUT2D eigenvalue weighted by Crippen LogP contribution is 2.34. The van der Waals surface area contributed by atoms with E-state index in [-0.39, 0.29) is 5.56 Å². The highest BCUT2D eigenvalue weighted by Gasteiger charge is 2.11. The number of fused-ring (bicyclic) bond motifs is 1. The van der Waals surface area contributed by atoms with Crippen molar-refractivity contribution in [2.45, 2.75) is 0 Å². The van der Waals surface area contributed by atoms with Crippen LogP contribution in [0.15, 0.2) is 65.8 Å². The maximum atomic E-state index is 11.4. The summed E-state index contributed by atoms with van der Waals surface area (Å²) in [5.74, 6) is 3.17. The molecule has 0 saturated carbocycles. The van der Waals surface area contributed by atoms with Crippen LogP contribution in [0.25, 0.3) is 27.9 Å². The zero-order valence-electron chi connectivity index (χ0n) is 20.2. The zero-order valence-corrected chi connectivity index (χ0v) is 20.2. The van der Waals surface area contributed by atoms with Crippen molar-refractivity contribution in [3.05, 3.63) is 71.4 Å². The van der Waals surface area contributed by atoms with Crippen LogP contribution in [0.3, 0.4) is 0 Å². The first kappa shape index (κ1) is 24.2. The number of nitrogen functional groups attached to an aromatic ring is 1. The van der Waals surface area contributed by atoms with Gasteiger partial charge in [-0.05, 0) is 35.4 Å². The van der Waals surface area contributed by atoms with Crippen LogP contribution in [0.5, 0.6) is 23.0 Å². The monoisotopic (exact) mass is 490 g/mol. The van der Waals surface area contributed by atoms with E-state index in [0.29, 0.717) is 34.5 Å². The standard InChI is InChI=1S/C14H13N3O3.C11H13N3O2/c1-19-11-4-3-9(7-12(11)20-2)10-8-15-17-6-5-13(18)16-14(10)17;1-15-9-4-3-7(5-10(9)16-2)8-6-13-14-11(8)12/h3-8H,1-2H3,(H,16,18);3-6H,1-2H3,(H3,12,13,14). The average molecular weight is 491 g/mol. The van der Waals surface area contributed by atoms with Crippen LogP contribution in [0, 0.1) is 0 Å². The topological polar surface area (TPSA) is 142 Å². The first-order valence-corrected chi connectivity index (χ1v) is 10.8. The van der Waals surface area contributed by atoms with Crippen molar-refractivity contribution >= 4 is 11.5 Å². The minimum Gasteiger partial charge on any atom is -0.493 e. The minimum absolute atomic E-state index is 0.167. The van der Waals surface area contributed by atoms with E-state index in [1.807, 2.05) is 36.4 Å². The van der Waals surface area contributed by atoms with E-state index in [1.165, 1.54) is 6.07 Å². The minimum atomic E-state index is -0.167. The molecule has 5 rings (SSSR count). The van der Waals surface area contributed by atoms with Crippen molar-refractivity contribution in [2.24, 2.45) is 0 Å². The molecule has 0 amide bonds. The van der Waals surface area contributed by atoms with Gasteiger partial charge in [-0.2, -0.15) is 10.2 Å². The van der Waals surface area contributed by atoms with E-state index in [9.17, 15) is 4.79 Å². The maximum absolute atomic E-state index is 11.4. The Morgan fingerprint density at radius 3 is 1.89 bits per heavy atom. The van der Waals surface area contributed by atoms with Crippen LogP contribution in [-0.2, 0) is 0 Å². The summed E-state index contributed by atoms with van der Waals surface area (Å²) in [6.45, 7) is 0. The molecule has 0 bridgehead atoms. The van der Waals surface area contributed by atoms with E-state index in [1.54, 1.807) is 51.5 Å². The lowest BCUT2D eigenvalue weighted by Gasteiger charge is -2.08. The third kappa shape index (κ3) is 4.80. The molecule has 0 spiro atoms. The van der Waals surface area contributed by atoms with E-state index in [4.69, 9.17) is 24.7 Å². The van der Waals surface area contributed by atoms with E-state index < -0.39 is 0 Å². The summed E-state index contributed by atoms with van der Waals surface area (Å²) in [4.78, 5) is 14.2. The molecule has 0 aliphatic carbocycles. The Balaban J connectivity index is 0.000000174. The Morgan fingerprint density at radius 2 is 1.36 bits per heavy atom. The number of nitrogens with two attached hydrogens (primary N) is 1. The Hall–Kier alpha value is -4.93. The molecule has 3 aromatic heterocycles. The fraction of sp³-hybridized carbons (Fsp3) is 0.160. The van der Waals surface area contributed by atoms with Crippen molar-refractivity contribution < 1.29 is 18.9 Å². The predicted octanol–water partition coefficient (Wildman–Crippen LogP) is 3.38. The molecular formula is C25H26N6O5. The third-order valence-electron chi connectivity index (χ3n) is 5.46. The SMILES string of the molecule is COc1ccc(-c2cn[nH]c2N)cc1OC.COc1ccc(-c2cnn3ccc(=O)[nH]c23)cc1OC. The van der Waals surface area contributed by atoms with E-state index in [2.05, 4.69) is 20.3 Å². The first-order chi connectivity index (χ1) is 17.5. The second-order valence-corrected chi connectivity index (χ2v) is 7.49. The third-order valence-corrected chi connectivity index (χ3v) is 5.46. The fourth-order valence-corrected chi connectivity index (χ4v) is 3.64. The second kappa shape index (κ2) is 10.6. The molecule has 0 aliphatic heterocycles. The summed E-state index contributed by atoms with van der Waals surface area (Å²) in [7, 11) is 6.37. The molecule has 0 fully saturated rings. The number of nitrogens with zero attached hydrogens (tertiary/aromatic N) is 3. The second-order valence-electron chi connectivity index (χ2n) is 7.49. The van der Waals surface area contributed by atoms with Crippen LogP contribution in [0.4, 0.5) is 5.82 Å². The van der Waals surface area contributed by atoms with Crippen LogP contribution in [0.2, 0.25) is 0 Å². The van der Waals surface area contributed by atoms with E-state index in [0.717, 1.165) is 22.3 Å². The van der Waals surface area contributed by atoms with E-state index >= 15 is 0 Å². The van der Waals surface area contributed by atoms with Crippen molar-refractivity contribution in [1.29, 1.82) is 0 Å². The van der Waals surface area contributed by atoms with Crippen molar-refractivity contribution in [2.75, 3.05) is 34.2 Å². The lowest BCUT2D eigenvalue weighted by Crippen LogP contribution is -2.06. The quantitative estimate of drug-likeness (QED) is 0.329. The van der Waals surface area contributed by atoms with Gasteiger partial charge in [0, 0.05) is 23.4 Å². The number of H-pyrrole nitrogens is 2. The number of benzene rings is 2. The Kier molecular flexibility index (Phi) is 7.10. The van der Waals surface area contributed by atoms with Crippen molar-refractivity contribution in [3.8, 4) is 45.3 Å². The Labute approximate surface area is 206 Å². The number of methoxy groups -OCH3 is 4. The summed E-state index contributed by atoms with van der Waals surface area (Å²) < 4.78 is 22.5. The number of aromatic nitrogens is 5. The van der Waals surface area contributed by atoms with Gasteiger partial charge >= 0.3 is 0 Å². The molecule has 0 unspecified atom stereocenters. The molecule has 11 nitrogen and oxygen atoms in total. The van der Waals surface area contributed by atoms with Gasteiger partial charge in [0.1, 0.15) is 11.5 Å². The maximum Gasteiger partial charge on any atom is 0.251 e. The fourth-order valence-electron chi connectivity index (χ4n) is 3.64. The summed E-state index contributed by atoms with van der Waals surface area (Å²) in [5.41, 5.74) is 9.71. The van der Waals surface area contributed by atoms with Gasteiger partial charge in [0.2, 0.25) is 0 Å². The normalized spacial score (nSPS) is 10.4. The Bertz CT molecular complexity index is 1540. The molecule has 0 aliphatic rings. The highest BCUT2D eigenvalue weighted by molar-refractivity contribution is 5.78. The molecular weight excluding hydrogens is 464 g/mol. The highest BCUT2D eigenvalue weighted by atomic mass is 16.5. The number of hydrogen-bond donors (Lipinski definition) is 3. The van der Waals surface area contributed by atoms with Crippen LogP contribution >= 0.6 is 0 Å². The number of aromatic amines is 2. The van der Waals surface area contributed by atoms with Crippen LogP contribution in [-0.4, -0.2) is 53.2 Å². The number of hydrogen-bond acceptors (Lipinski definition) is 8. The first-order valence-electron chi connectivity index (χ1n) is 10.8. The number of nitrogens with one attached hydrogen (secondary N) is 2. The lowest BCUT2D eigenvalue weighted by atomic mass is 10.1. The van der Waals surface area contributed by atoms with Gasteiger partial charge in [-0.3, -0.25) is 9.89 Å². The molecule has 0 atom stereocenters. The largest absolute Gasteiger partial charge is 0.493 e. The Morgan fingerprint density at radius 1 is 0.778 bits per heavy atom. The van der Waals surface area contributed by atoms with Gasteiger partial charge < -0.3 is 29.7 Å². The van der Waals surface area contributed by atoms with Gasteiger partial charge in [-0.25, -0.2) is 4.52 Å². The molecule has 0 saturated heterocycles. The van der Waals surface area contributed by atoms with Crippen LogP contribution < -0.4 is 30.2 Å². The molecule has 186 valence electrons.